The predicted octanol–water partition coefficient (Wildman–Crippen LogP) is 3.05. The van der Waals surface area contributed by atoms with Crippen molar-refractivity contribution < 1.29 is 0 Å². The maximum absolute atomic E-state index is 9.38. The third-order valence-electron chi connectivity index (χ3n) is 4.81. The van der Waals surface area contributed by atoms with Crippen molar-refractivity contribution in [3.05, 3.63) is 0 Å². The number of thioether (sulfide) groups is 1. The number of nitrogens with zero attached hydrogens (tertiary/aromatic N) is 5. The Labute approximate surface area is 125 Å². The molecule has 1 aromatic heterocycles. The van der Waals surface area contributed by atoms with Gasteiger partial charge in [0.25, 0.3) is 0 Å². The molecular weight excluding hydrogens is 270 g/mol. The summed E-state index contributed by atoms with van der Waals surface area (Å²) in [6, 6.07) is 2.48. The Morgan fingerprint density at radius 3 is 2.75 bits per heavy atom. The summed E-state index contributed by atoms with van der Waals surface area (Å²) < 4.78 is 1.69. The monoisotopic (exact) mass is 293 g/mol. The summed E-state index contributed by atoms with van der Waals surface area (Å²) in [5.74, 6) is 0.788. The number of hydrogen-bond acceptors (Lipinski definition) is 5. The van der Waals surface area contributed by atoms with E-state index in [2.05, 4.69) is 42.4 Å². The number of tetrazole rings is 1. The largest absolute Gasteiger partial charge is 0.224 e. The van der Waals surface area contributed by atoms with Crippen LogP contribution in [0.25, 0.3) is 0 Å². The lowest BCUT2D eigenvalue weighted by Gasteiger charge is -2.40. The van der Waals surface area contributed by atoms with Gasteiger partial charge in [-0.1, -0.05) is 39.0 Å². The molecule has 20 heavy (non-hydrogen) atoms. The summed E-state index contributed by atoms with van der Waals surface area (Å²) in [4.78, 5) is 0. The SMILES string of the molecule is CCC(C)(C)C1CCC(C#N)C(Sc2nnnn2C)C1. The molecule has 3 unspecified atom stereocenters. The van der Waals surface area contributed by atoms with Gasteiger partial charge in [-0.15, -0.1) is 5.10 Å². The van der Waals surface area contributed by atoms with Crippen LogP contribution in [-0.4, -0.2) is 25.5 Å². The molecule has 0 aliphatic heterocycles. The van der Waals surface area contributed by atoms with Crippen molar-refractivity contribution in [3.63, 3.8) is 0 Å². The standard InChI is InChI=1S/C14H23N5S/c1-5-14(2,3)11-7-6-10(9-15)12(8-11)20-13-16-17-18-19(13)4/h10-12H,5-8H2,1-4H3. The van der Waals surface area contributed by atoms with Crippen LogP contribution >= 0.6 is 11.8 Å². The van der Waals surface area contributed by atoms with Gasteiger partial charge in [0, 0.05) is 12.3 Å². The van der Waals surface area contributed by atoms with Crippen molar-refractivity contribution in [2.45, 2.75) is 56.9 Å². The van der Waals surface area contributed by atoms with Gasteiger partial charge >= 0.3 is 0 Å². The Morgan fingerprint density at radius 2 is 2.20 bits per heavy atom. The third-order valence-corrected chi connectivity index (χ3v) is 6.19. The van der Waals surface area contributed by atoms with E-state index >= 15 is 0 Å². The molecule has 1 aromatic rings. The first-order chi connectivity index (χ1) is 9.47. The van der Waals surface area contributed by atoms with E-state index in [1.807, 2.05) is 7.05 Å². The second kappa shape index (κ2) is 6.13. The van der Waals surface area contributed by atoms with Gasteiger partial charge in [-0.25, -0.2) is 4.68 Å². The van der Waals surface area contributed by atoms with Crippen LogP contribution in [0, 0.1) is 28.6 Å². The van der Waals surface area contributed by atoms with Crippen LogP contribution in [0.1, 0.15) is 46.5 Å². The highest BCUT2D eigenvalue weighted by Crippen LogP contribution is 2.46. The van der Waals surface area contributed by atoms with Crippen molar-refractivity contribution in [1.82, 2.24) is 20.2 Å². The molecule has 1 fully saturated rings. The summed E-state index contributed by atoms with van der Waals surface area (Å²) in [6.45, 7) is 6.94. The average molecular weight is 293 g/mol. The average Bonchev–Trinajstić information content (AvgIpc) is 2.84. The highest BCUT2D eigenvalue weighted by Gasteiger charge is 2.38. The molecular formula is C14H23N5S. The molecule has 0 radical (unpaired) electrons. The molecule has 1 heterocycles. The summed E-state index contributed by atoms with van der Waals surface area (Å²) in [6.07, 6.45) is 4.41. The van der Waals surface area contributed by atoms with Crippen molar-refractivity contribution in [2.24, 2.45) is 24.3 Å². The van der Waals surface area contributed by atoms with Crippen molar-refractivity contribution >= 4 is 11.8 Å². The Hall–Kier alpha value is -1.09. The van der Waals surface area contributed by atoms with Gasteiger partial charge in [-0.05, 0) is 41.0 Å². The van der Waals surface area contributed by atoms with Crippen LogP contribution in [0.2, 0.25) is 0 Å². The fourth-order valence-corrected chi connectivity index (χ4v) is 4.10. The highest BCUT2D eigenvalue weighted by atomic mass is 32.2. The lowest BCUT2D eigenvalue weighted by Crippen LogP contribution is -2.34. The highest BCUT2D eigenvalue weighted by molar-refractivity contribution is 7.99. The predicted molar refractivity (Wildman–Crippen MR) is 79.0 cm³/mol. The minimum Gasteiger partial charge on any atom is -0.224 e. The molecule has 0 saturated heterocycles. The van der Waals surface area contributed by atoms with Crippen molar-refractivity contribution in [2.75, 3.05) is 0 Å². The molecule has 0 amide bonds. The van der Waals surface area contributed by atoms with Gasteiger partial charge in [0.2, 0.25) is 5.16 Å². The zero-order valence-electron chi connectivity index (χ0n) is 12.7. The van der Waals surface area contributed by atoms with E-state index in [-0.39, 0.29) is 5.92 Å². The summed E-state index contributed by atoms with van der Waals surface area (Å²) in [5, 5.41) is 22.1. The number of nitriles is 1. The van der Waals surface area contributed by atoms with Crippen LogP contribution in [0.15, 0.2) is 5.16 Å². The smallest absolute Gasteiger partial charge is 0.209 e. The van der Waals surface area contributed by atoms with Gasteiger partial charge < -0.3 is 0 Å². The fourth-order valence-electron chi connectivity index (χ4n) is 2.86. The van der Waals surface area contributed by atoms with Gasteiger partial charge in [0.05, 0.1) is 12.0 Å². The van der Waals surface area contributed by atoms with Crippen molar-refractivity contribution in [3.8, 4) is 6.07 Å². The molecule has 110 valence electrons. The van der Waals surface area contributed by atoms with Gasteiger partial charge in [-0.3, -0.25) is 0 Å². The zero-order chi connectivity index (χ0) is 14.8. The number of aromatic nitrogens is 4. The topological polar surface area (TPSA) is 67.4 Å². The quantitative estimate of drug-likeness (QED) is 0.853. The molecule has 6 heteroatoms. The molecule has 0 aromatic carbocycles. The molecule has 3 atom stereocenters. The molecule has 0 spiro atoms. The molecule has 0 N–H and O–H groups in total. The van der Waals surface area contributed by atoms with E-state index < -0.39 is 0 Å². The number of rotatable bonds is 4. The Kier molecular flexibility index (Phi) is 4.69. The van der Waals surface area contributed by atoms with Crippen LogP contribution in [0.3, 0.4) is 0 Å². The molecule has 1 aliphatic carbocycles. The van der Waals surface area contributed by atoms with E-state index in [4.69, 9.17) is 0 Å². The summed E-state index contributed by atoms with van der Waals surface area (Å²) >= 11 is 1.67. The van der Waals surface area contributed by atoms with Gasteiger partial charge in [0.1, 0.15) is 0 Å². The first-order valence-electron chi connectivity index (χ1n) is 7.26. The van der Waals surface area contributed by atoms with Crippen LogP contribution in [0.5, 0.6) is 0 Å². The molecule has 0 bridgehead atoms. The Morgan fingerprint density at radius 1 is 1.45 bits per heavy atom. The lowest BCUT2D eigenvalue weighted by atomic mass is 9.67. The second-order valence-corrected chi connectivity index (χ2v) is 7.54. The molecule has 5 nitrogen and oxygen atoms in total. The molecule has 1 saturated carbocycles. The van der Waals surface area contributed by atoms with E-state index in [9.17, 15) is 5.26 Å². The van der Waals surface area contributed by atoms with Crippen LogP contribution in [-0.2, 0) is 7.05 Å². The van der Waals surface area contributed by atoms with Crippen LogP contribution < -0.4 is 0 Å². The molecule has 1 aliphatic rings. The first kappa shape index (κ1) is 15.3. The molecule has 2 rings (SSSR count). The second-order valence-electron chi connectivity index (χ2n) is 6.33. The number of aryl methyl sites for hydroxylation is 1. The minimum absolute atomic E-state index is 0.112. The lowest BCUT2D eigenvalue weighted by molar-refractivity contribution is 0.144. The van der Waals surface area contributed by atoms with E-state index in [1.165, 1.54) is 6.42 Å². The normalized spacial score (nSPS) is 27.2. The third kappa shape index (κ3) is 3.14. The van der Waals surface area contributed by atoms with E-state index in [0.717, 1.165) is 24.4 Å². The summed E-state index contributed by atoms with van der Waals surface area (Å²) in [5.41, 5.74) is 0.345. The first-order valence-corrected chi connectivity index (χ1v) is 8.14. The van der Waals surface area contributed by atoms with Crippen LogP contribution in [0.4, 0.5) is 0 Å². The van der Waals surface area contributed by atoms with Gasteiger partial charge in [0.15, 0.2) is 0 Å². The summed E-state index contributed by atoms with van der Waals surface area (Å²) in [7, 11) is 1.85. The Bertz CT molecular complexity index is 490. The Balaban J connectivity index is 2.11. The maximum Gasteiger partial charge on any atom is 0.209 e. The fraction of sp³-hybridized carbons (Fsp3) is 0.857. The van der Waals surface area contributed by atoms with Crippen molar-refractivity contribution in [1.29, 1.82) is 5.26 Å². The van der Waals surface area contributed by atoms with E-state index in [1.54, 1.807) is 16.4 Å². The van der Waals surface area contributed by atoms with E-state index in [0.29, 0.717) is 16.6 Å². The minimum atomic E-state index is 0.112. The zero-order valence-corrected chi connectivity index (χ0v) is 13.5. The number of hydrogen-bond donors (Lipinski definition) is 0. The van der Waals surface area contributed by atoms with Gasteiger partial charge in [-0.2, -0.15) is 5.26 Å². The maximum atomic E-state index is 9.38.